The highest BCUT2D eigenvalue weighted by Crippen LogP contribution is 2.34. The highest BCUT2D eigenvalue weighted by atomic mass is 19.1. The number of rotatable bonds is 5. The summed E-state index contributed by atoms with van der Waals surface area (Å²) >= 11 is 0. The number of anilines is 1. The Morgan fingerprint density at radius 2 is 1.89 bits per heavy atom. The van der Waals surface area contributed by atoms with E-state index in [9.17, 15) is 18.8 Å². The molecular formula is C20H21FN4O3. The van der Waals surface area contributed by atoms with Crippen molar-refractivity contribution in [3.8, 4) is 0 Å². The monoisotopic (exact) mass is 384 g/mol. The molecule has 0 bridgehead atoms. The van der Waals surface area contributed by atoms with Crippen LogP contribution in [-0.2, 0) is 9.59 Å². The van der Waals surface area contributed by atoms with Gasteiger partial charge in [0.15, 0.2) is 0 Å². The number of H-pyrrole nitrogens is 1. The number of aromatic amines is 1. The third-order valence-corrected chi connectivity index (χ3v) is 4.54. The molecule has 1 aromatic heterocycles. The minimum atomic E-state index is -0.431. The first-order valence-electron chi connectivity index (χ1n) is 8.82. The maximum Gasteiger partial charge on any atom is 0.256 e. The van der Waals surface area contributed by atoms with Crippen LogP contribution < -0.4 is 16.0 Å². The number of hydrogen-bond donors (Lipinski definition) is 4. The molecule has 4 N–H and O–H groups in total. The Balaban J connectivity index is 1.86. The second-order valence-electron chi connectivity index (χ2n) is 6.60. The molecule has 0 saturated heterocycles. The molecule has 2 aromatic rings. The van der Waals surface area contributed by atoms with E-state index in [1.165, 1.54) is 25.1 Å². The van der Waals surface area contributed by atoms with Gasteiger partial charge in [0, 0.05) is 42.7 Å². The Kier molecular flexibility index (Phi) is 5.30. The van der Waals surface area contributed by atoms with E-state index in [0.29, 0.717) is 52.4 Å². The number of carbonyl (C=O) groups excluding carboxylic acids is 3. The third-order valence-electron chi connectivity index (χ3n) is 4.54. The van der Waals surface area contributed by atoms with Gasteiger partial charge in [0.1, 0.15) is 5.82 Å². The first kappa shape index (κ1) is 19.3. The van der Waals surface area contributed by atoms with Crippen LogP contribution in [0.25, 0.3) is 11.6 Å². The summed E-state index contributed by atoms with van der Waals surface area (Å²) in [7, 11) is 0. The lowest BCUT2D eigenvalue weighted by atomic mass is 10.0. The lowest BCUT2D eigenvalue weighted by Gasteiger charge is -2.06. The zero-order chi connectivity index (χ0) is 20.4. The Morgan fingerprint density at radius 3 is 2.61 bits per heavy atom. The number of hydrogen-bond acceptors (Lipinski definition) is 3. The van der Waals surface area contributed by atoms with Crippen molar-refractivity contribution < 1.29 is 18.8 Å². The van der Waals surface area contributed by atoms with Crippen molar-refractivity contribution in [2.75, 3.05) is 18.4 Å². The van der Waals surface area contributed by atoms with Crippen molar-refractivity contribution in [1.29, 1.82) is 0 Å². The van der Waals surface area contributed by atoms with Gasteiger partial charge in [-0.05, 0) is 43.7 Å². The van der Waals surface area contributed by atoms with E-state index in [-0.39, 0.29) is 17.7 Å². The molecule has 0 fully saturated rings. The van der Waals surface area contributed by atoms with Gasteiger partial charge in [-0.15, -0.1) is 0 Å². The highest BCUT2D eigenvalue weighted by Gasteiger charge is 2.26. The molecule has 28 heavy (non-hydrogen) atoms. The summed E-state index contributed by atoms with van der Waals surface area (Å²) in [6.07, 6.45) is 1.62. The Bertz CT molecular complexity index is 1010. The molecule has 1 aliphatic rings. The van der Waals surface area contributed by atoms with Gasteiger partial charge in [-0.25, -0.2) is 4.39 Å². The normalized spacial score (nSPS) is 14.0. The third kappa shape index (κ3) is 3.80. The van der Waals surface area contributed by atoms with Crippen molar-refractivity contribution in [3.63, 3.8) is 0 Å². The van der Waals surface area contributed by atoms with E-state index in [4.69, 9.17) is 0 Å². The minimum Gasteiger partial charge on any atom is -0.358 e. The van der Waals surface area contributed by atoms with Crippen molar-refractivity contribution in [2.45, 2.75) is 20.8 Å². The maximum absolute atomic E-state index is 13.6. The summed E-state index contributed by atoms with van der Waals surface area (Å²) in [5, 5.41) is 8.06. The molecule has 146 valence electrons. The lowest BCUT2D eigenvalue weighted by molar-refractivity contribution is -0.119. The summed E-state index contributed by atoms with van der Waals surface area (Å²) in [5.41, 5.74) is 3.78. The highest BCUT2D eigenvalue weighted by molar-refractivity contribution is 6.34. The molecule has 7 nitrogen and oxygen atoms in total. The predicted octanol–water partition coefficient (Wildman–Crippen LogP) is 2.13. The summed E-state index contributed by atoms with van der Waals surface area (Å²) < 4.78 is 13.6. The minimum absolute atomic E-state index is 0.163. The van der Waals surface area contributed by atoms with Gasteiger partial charge in [0.05, 0.1) is 11.1 Å². The molecule has 2 heterocycles. The molecule has 0 saturated carbocycles. The Morgan fingerprint density at radius 1 is 1.18 bits per heavy atom. The van der Waals surface area contributed by atoms with Crippen LogP contribution in [0.15, 0.2) is 18.2 Å². The number of benzene rings is 1. The molecule has 0 aliphatic carbocycles. The smallest absolute Gasteiger partial charge is 0.256 e. The summed E-state index contributed by atoms with van der Waals surface area (Å²) in [4.78, 5) is 38.8. The van der Waals surface area contributed by atoms with Crippen molar-refractivity contribution in [1.82, 2.24) is 15.6 Å². The van der Waals surface area contributed by atoms with Gasteiger partial charge >= 0.3 is 0 Å². The first-order chi connectivity index (χ1) is 13.3. The molecular weight excluding hydrogens is 363 g/mol. The number of aryl methyl sites for hydroxylation is 1. The lowest BCUT2D eigenvalue weighted by Crippen LogP contribution is -2.34. The Labute approximate surface area is 161 Å². The fourth-order valence-electron chi connectivity index (χ4n) is 3.21. The molecule has 0 radical (unpaired) electrons. The van der Waals surface area contributed by atoms with E-state index in [2.05, 4.69) is 20.9 Å². The van der Waals surface area contributed by atoms with Crippen LogP contribution in [0, 0.1) is 19.7 Å². The van der Waals surface area contributed by atoms with Crippen LogP contribution in [-0.4, -0.2) is 35.8 Å². The van der Waals surface area contributed by atoms with Crippen LogP contribution in [0.3, 0.4) is 0 Å². The van der Waals surface area contributed by atoms with Gasteiger partial charge in [0.2, 0.25) is 5.91 Å². The second-order valence-corrected chi connectivity index (χ2v) is 6.60. The van der Waals surface area contributed by atoms with Gasteiger partial charge in [0.25, 0.3) is 11.8 Å². The van der Waals surface area contributed by atoms with Crippen LogP contribution in [0.1, 0.15) is 39.8 Å². The van der Waals surface area contributed by atoms with Crippen molar-refractivity contribution in [2.24, 2.45) is 0 Å². The molecule has 8 heteroatoms. The van der Waals surface area contributed by atoms with E-state index in [0.717, 1.165) is 0 Å². The zero-order valence-corrected chi connectivity index (χ0v) is 15.8. The Hall–Kier alpha value is -3.42. The molecule has 1 aliphatic heterocycles. The van der Waals surface area contributed by atoms with Gasteiger partial charge in [-0.1, -0.05) is 0 Å². The number of aromatic nitrogens is 1. The average molecular weight is 384 g/mol. The van der Waals surface area contributed by atoms with Gasteiger partial charge in [-0.3, -0.25) is 14.4 Å². The maximum atomic E-state index is 13.6. The zero-order valence-electron chi connectivity index (χ0n) is 15.8. The van der Waals surface area contributed by atoms with Crippen molar-refractivity contribution in [3.05, 3.63) is 52.1 Å². The first-order valence-corrected chi connectivity index (χ1v) is 8.82. The molecule has 0 unspecified atom stereocenters. The van der Waals surface area contributed by atoms with Crippen LogP contribution in [0.4, 0.5) is 10.1 Å². The largest absolute Gasteiger partial charge is 0.358 e. The number of amides is 3. The van der Waals surface area contributed by atoms with Gasteiger partial charge < -0.3 is 20.9 Å². The summed E-state index contributed by atoms with van der Waals surface area (Å²) in [6, 6.07) is 4.11. The molecule has 3 amide bonds. The van der Waals surface area contributed by atoms with E-state index >= 15 is 0 Å². The van der Waals surface area contributed by atoms with E-state index in [1.807, 2.05) is 0 Å². The van der Waals surface area contributed by atoms with E-state index < -0.39 is 5.82 Å². The van der Waals surface area contributed by atoms with E-state index in [1.54, 1.807) is 19.9 Å². The summed E-state index contributed by atoms with van der Waals surface area (Å²) in [6.45, 7) is 5.58. The van der Waals surface area contributed by atoms with Crippen LogP contribution in [0.2, 0.25) is 0 Å². The fourth-order valence-corrected chi connectivity index (χ4v) is 3.21. The van der Waals surface area contributed by atoms with Crippen LogP contribution in [0.5, 0.6) is 0 Å². The van der Waals surface area contributed by atoms with Crippen molar-refractivity contribution >= 4 is 35.1 Å². The van der Waals surface area contributed by atoms with Gasteiger partial charge in [-0.2, -0.15) is 0 Å². The topological polar surface area (TPSA) is 103 Å². The fraction of sp³-hybridized carbons (Fsp3) is 0.250. The standard InChI is InChI=1S/C20H21FN4O3/c1-10-17(9-15-14-8-13(21)4-5-16(14)25-19(15)27)24-11(2)18(10)20(28)23-7-6-22-12(3)26/h4-5,8-9,24H,6-7H2,1-3H3,(H,22,26)(H,23,28)(H,25,27)/b15-9-. The molecule has 1 aromatic carbocycles. The number of carbonyl (C=O) groups is 3. The summed E-state index contributed by atoms with van der Waals surface area (Å²) in [5.74, 6) is -1.19. The molecule has 0 spiro atoms. The second kappa shape index (κ2) is 7.67. The quantitative estimate of drug-likeness (QED) is 0.469. The molecule has 0 atom stereocenters. The number of halogens is 1. The predicted molar refractivity (Wildman–Crippen MR) is 104 cm³/mol. The number of fused-ring (bicyclic) bond motifs is 1. The van der Waals surface area contributed by atoms with Crippen LogP contribution >= 0.6 is 0 Å². The average Bonchev–Trinajstić information content (AvgIpc) is 3.08. The molecule has 3 rings (SSSR count). The SMILES string of the molecule is CC(=O)NCCNC(=O)c1c(C)[nH]c(/C=C2\C(=O)Nc3ccc(F)cc32)c1C. The number of nitrogens with one attached hydrogen (secondary N) is 4.